The SMILES string of the molecule is CC(C)c1c(O)cc(/C=C/c2ccccc2)cc1OC(=O)NCCN. The van der Waals surface area contributed by atoms with E-state index >= 15 is 0 Å². The molecule has 0 aliphatic carbocycles. The van der Waals surface area contributed by atoms with Gasteiger partial charge in [-0.2, -0.15) is 0 Å². The summed E-state index contributed by atoms with van der Waals surface area (Å²) in [4.78, 5) is 11.9. The zero-order valence-corrected chi connectivity index (χ0v) is 14.5. The first-order valence-corrected chi connectivity index (χ1v) is 8.27. The van der Waals surface area contributed by atoms with Crippen LogP contribution in [0.1, 0.15) is 36.5 Å². The molecule has 1 amide bonds. The summed E-state index contributed by atoms with van der Waals surface area (Å²) in [5.41, 5.74) is 7.75. The molecule has 0 aromatic heterocycles. The average molecular weight is 340 g/mol. The fraction of sp³-hybridized carbons (Fsp3) is 0.250. The largest absolute Gasteiger partial charge is 0.507 e. The van der Waals surface area contributed by atoms with Crippen molar-refractivity contribution in [2.75, 3.05) is 13.1 Å². The Labute approximate surface area is 148 Å². The maximum atomic E-state index is 11.9. The van der Waals surface area contributed by atoms with Crippen molar-refractivity contribution in [2.45, 2.75) is 19.8 Å². The van der Waals surface area contributed by atoms with Gasteiger partial charge in [-0.3, -0.25) is 0 Å². The van der Waals surface area contributed by atoms with Gasteiger partial charge < -0.3 is 20.9 Å². The van der Waals surface area contributed by atoms with Crippen molar-refractivity contribution >= 4 is 18.2 Å². The second kappa shape index (κ2) is 8.89. The highest BCUT2D eigenvalue weighted by atomic mass is 16.6. The molecule has 0 aliphatic rings. The third-order valence-electron chi connectivity index (χ3n) is 3.60. The van der Waals surface area contributed by atoms with Crippen molar-refractivity contribution in [3.63, 3.8) is 0 Å². The Hall–Kier alpha value is -2.79. The number of phenols is 1. The average Bonchev–Trinajstić information content (AvgIpc) is 2.58. The Morgan fingerprint density at radius 3 is 2.52 bits per heavy atom. The lowest BCUT2D eigenvalue weighted by atomic mass is 9.98. The van der Waals surface area contributed by atoms with Crippen molar-refractivity contribution in [2.24, 2.45) is 5.73 Å². The monoisotopic (exact) mass is 340 g/mol. The Balaban J connectivity index is 2.30. The van der Waals surface area contributed by atoms with Crippen LogP contribution in [0.15, 0.2) is 42.5 Å². The van der Waals surface area contributed by atoms with E-state index in [-0.39, 0.29) is 11.7 Å². The molecule has 0 aliphatic heterocycles. The van der Waals surface area contributed by atoms with E-state index in [1.165, 1.54) is 0 Å². The Kier molecular flexibility index (Phi) is 6.60. The summed E-state index contributed by atoms with van der Waals surface area (Å²) in [6.07, 6.45) is 3.21. The fourth-order valence-electron chi connectivity index (χ4n) is 2.46. The molecule has 2 aromatic carbocycles. The van der Waals surface area contributed by atoms with Gasteiger partial charge in [-0.1, -0.05) is 56.3 Å². The van der Waals surface area contributed by atoms with E-state index in [4.69, 9.17) is 10.5 Å². The van der Waals surface area contributed by atoms with E-state index in [0.29, 0.717) is 24.4 Å². The highest BCUT2D eigenvalue weighted by molar-refractivity contribution is 5.75. The number of nitrogens with one attached hydrogen (secondary N) is 1. The van der Waals surface area contributed by atoms with Gasteiger partial charge in [0.25, 0.3) is 0 Å². The number of benzene rings is 2. The molecular weight excluding hydrogens is 316 g/mol. The minimum Gasteiger partial charge on any atom is -0.507 e. The number of nitrogens with two attached hydrogens (primary N) is 1. The Bertz CT molecular complexity index is 740. The van der Waals surface area contributed by atoms with Gasteiger partial charge in [-0.25, -0.2) is 4.79 Å². The summed E-state index contributed by atoms with van der Waals surface area (Å²) in [5.74, 6) is 0.452. The fourth-order valence-corrected chi connectivity index (χ4v) is 2.46. The maximum Gasteiger partial charge on any atom is 0.412 e. The molecule has 4 N–H and O–H groups in total. The van der Waals surface area contributed by atoms with Gasteiger partial charge >= 0.3 is 6.09 Å². The van der Waals surface area contributed by atoms with Crippen molar-refractivity contribution in [1.29, 1.82) is 0 Å². The van der Waals surface area contributed by atoms with Crippen LogP contribution in [0.4, 0.5) is 4.79 Å². The molecule has 0 fully saturated rings. The number of aromatic hydroxyl groups is 1. The number of hydrogen-bond donors (Lipinski definition) is 3. The van der Waals surface area contributed by atoms with Gasteiger partial charge in [0.2, 0.25) is 0 Å². The molecule has 2 rings (SSSR count). The van der Waals surface area contributed by atoms with Crippen LogP contribution in [0.25, 0.3) is 12.2 Å². The molecule has 0 saturated heterocycles. The number of ether oxygens (including phenoxy) is 1. The molecule has 132 valence electrons. The molecular formula is C20H24N2O3. The zero-order chi connectivity index (χ0) is 18.2. The smallest absolute Gasteiger partial charge is 0.412 e. The normalized spacial score (nSPS) is 11.0. The van der Waals surface area contributed by atoms with Gasteiger partial charge in [0.05, 0.1) is 0 Å². The number of phenolic OH excluding ortho intramolecular Hbond substituents is 1. The van der Waals surface area contributed by atoms with Crippen molar-refractivity contribution < 1.29 is 14.6 Å². The summed E-state index contributed by atoms with van der Waals surface area (Å²) in [5, 5.41) is 12.9. The maximum absolute atomic E-state index is 11.9. The van der Waals surface area contributed by atoms with E-state index in [2.05, 4.69) is 5.32 Å². The standard InChI is InChI=1S/C20H24N2O3/c1-14(2)19-17(23)12-16(9-8-15-6-4-3-5-7-15)13-18(19)25-20(24)22-11-10-21/h3-9,12-14,23H,10-11,21H2,1-2H3,(H,22,24)/b9-8+. The molecule has 0 unspecified atom stereocenters. The number of amides is 1. The van der Waals surface area contributed by atoms with Gasteiger partial charge in [0.1, 0.15) is 11.5 Å². The molecule has 25 heavy (non-hydrogen) atoms. The van der Waals surface area contributed by atoms with Gasteiger partial charge in [-0.05, 0) is 29.2 Å². The lowest BCUT2D eigenvalue weighted by Gasteiger charge is -2.16. The second-order valence-corrected chi connectivity index (χ2v) is 5.96. The summed E-state index contributed by atoms with van der Waals surface area (Å²) < 4.78 is 5.38. The predicted molar refractivity (Wildman–Crippen MR) is 101 cm³/mol. The van der Waals surface area contributed by atoms with Crippen molar-refractivity contribution in [1.82, 2.24) is 5.32 Å². The molecule has 0 spiro atoms. The molecule has 2 aromatic rings. The summed E-state index contributed by atoms with van der Waals surface area (Å²) >= 11 is 0. The molecule has 0 heterocycles. The predicted octanol–water partition coefficient (Wildman–Crippen LogP) is 3.73. The van der Waals surface area contributed by atoms with Crippen LogP contribution in [-0.2, 0) is 0 Å². The molecule has 0 atom stereocenters. The first-order chi connectivity index (χ1) is 12.0. The molecule has 5 nitrogen and oxygen atoms in total. The first-order valence-electron chi connectivity index (χ1n) is 8.27. The van der Waals surface area contributed by atoms with Crippen molar-refractivity contribution in [3.8, 4) is 11.5 Å². The highest BCUT2D eigenvalue weighted by Crippen LogP contribution is 2.36. The topological polar surface area (TPSA) is 84.6 Å². The number of carbonyl (C=O) groups is 1. The minimum atomic E-state index is -0.587. The van der Waals surface area contributed by atoms with Crippen LogP contribution >= 0.6 is 0 Å². The molecule has 0 saturated carbocycles. The highest BCUT2D eigenvalue weighted by Gasteiger charge is 2.17. The van der Waals surface area contributed by atoms with Gasteiger partial charge in [-0.15, -0.1) is 0 Å². The summed E-state index contributed by atoms with van der Waals surface area (Å²) in [6.45, 7) is 4.52. The van der Waals surface area contributed by atoms with E-state index < -0.39 is 6.09 Å². The van der Waals surface area contributed by atoms with E-state index in [0.717, 1.165) is 11.1 Å². The zero-order valence-electron chi connectivity index (χ0n) is 14.5. The number of carbonyl (C=O) groups excluding carboxylic acids is 1. The van der Waals surface area contributed by atoms with Gasteiger partial charge in [0.15, 0.2) is 0 Å². The van der Waals surface area contributed by atoms with E-state index in [9.17, 15) is 9.90 Å². The molecule has 0 bridgehead atoms. The lowest BCUT2D eigenvalue weighted by Crippen LogP contribution is -2.31. The second-order valence-electron chi connectivity index (χ2n) is 5.96. The third-order valence-corrected chi connectivity index (χ3v) is 3.60. The van der Waals surface area contributed by atoms with Crippen LogP contribution in [0, 0.1) is 0 Å². The van der Waals surface area contributed by atoms with Crippen LogP contribution in [-0.4, -0.2) is 24.3 Å². The van der Waals surface area contributed by atoms with Crippen LogP contribution in [0.2, 0.25) is 0 Å². The third kappa shape index (κ3) is 5.36. The molecule has 0 radical (unpaired) electrons. The Morgan fingerprint density at radius 1 is 1.20 bits per heavy atom. The quantitative estimate of drug-likeness (QED) is 0.700. The van der Waals surface area contributed by atoms with Gasteiger partial charge in [0, 0.05) is 18.7 Å². The van der Waals surface area contributed by atoms with Crippen LogP contribution in [0.3, 0.4) is 0 Å². The van der Waals surface area contributed by atoms with Crippen LogP contribution < -0.4 is 15.8 Å². The Morgan fingerprint density at radius 2 is 1.88 bits per heavy atom. The van der Waals surface area contributed by atoms with E-state index in [1.807, 2.05) is 56.3 Å². The molecule has 5 heteroatoms. The summed E-state index contributed by atoms with van der Waals surface area (Å²) in [7, 11) is 0. The lowest BCUT2D eigenvalue weighted by molar-refractivity contribution is 0.200. The minimum absolute atomic E-state index is 0.00413. The first kappa shape index (κ1) is 18.5. The van der Waals surface area contributed by atoms with E-state index in [1.54, 1.807) is 12.1 Å². The number of rotatable bonds is 6. The summed E-state index contributed by atoms with van der Waals surface area (Å²) in [6, 6.07) is 13.2. The van der Waals surface area contributed by atoms with Crippen molar-refractivity contribution in [3.05, 3.63) is 59.2 Å². The van der Waals surface area contributed by atoms with Crippen LogP contribution in [0.5, 0.6) is 11.5 Å². The number of hydrogen-bond acceptors (Lipinski definition) is 4.